The van der Waals surface area contributed by atoms with Crippen molar-refractivity contribution in [3.8, 4) is 16.9 Å². The largest absolute Gasteiger partial charge is 0.483 e. The number of nitrogens with zero attached hydrogens (tertiary/aromatic N) is 1. The van der Waals surface area contributed by atoms with Crippen LogP contribution in [0, 0.1) is 0 Å². The number of ether oxygens (including phenoxy) is 1. The molecule has 3 aromatic rings. The van der Waals surface area contributed by atoms with Crippen molar-refractivity contribution in [1.29, 1.82) is 0 Å². The van der Waals surface area contributed by atoms with Gasteiger partial charge in [0.05, 0.1) is 11.9 Å². The third-order valence-corrected chi connectivity index (χ3v) is 3.35. The molecule has 1 aromatic heterocycles. The molecule has 0 unspecified atom stereocenters. The molecule has 1 heterocycles. The van der Waals surface area contributed by atoms with Crippen molar-refractivity contribution in [3.63, 3.8) is 0 Å². The fourth-order valence-corrected chi connectivity index (χ4v) is 2.22. The Hall–Kier alpha value is -3.34. The van der Waals surface area contributed by atoms with E-state index in [1.165, 1.54) is 6.21 Å². The Morgan fingerprint density at radius 1 is 1.04 bits per heavy atom. The first-order valence-electron chi connectivity index (χ1n) is 7.55. The number of carbonyl (C=O) groups is 1. The van der Waals surface area contributed by atoms with Gasteiger partial charge in [0, 0.05) is 11.8 Å². The summed E-state index contributed by atoms with van der Waals surface area (Å²) in [4.78, 5) is 14.8. The molecule has 2 N–H and O–H groups in total. The van der Waals surface area contributed by atoms with Gasteiger partial charge >= 0.3 is 0 Å². The number of aromatic nitrogens is 1. The van der Waals surface area contributed by atoms with E-state index in [1.807, 2.05) is 66.7 Å². The molecule has 3 rings (SSSR count). The quantitative estimate of drug-likeness (QED) is 0.541. The summed E-state index contributed by atoms with van der Waals surface area (Å²) in [5.74, 6) is 0.341. The van der Waals surface area contributed by atoms with Crippen LogP contribution in [-0.4, -0.2) is 23.7 Å². The second-order valence-electron chi connectivity index (χ2n) is 5.07. The van der Waals surface area contributed by atoms with Crippen LogP contribution in [0.1, 0.15) is 5.69 Å². The van der Waals surface area contributed by atoms with Crippen molar-refractivity contribution >= 4 is 12.1 Å². The minimum Gasteiger partial charge on any atom is -0.483 e. The number of para-hydroxylation sites is 1. The number of rotatable bonds is 6. The average molecular weight is 319 g/mol. The van der Waals surface area contributed by atoms with E-state index >= 15 is 0 Å². The van der Waals surface area contributed by atoms with Crippen molar-refractivity contribution in [2.75, 3.05) is 6.61 Å². The third kappa shape index (κ3) is 4.10. The van der Waals surface area contributed by atoms with E-state index in [9.17, 15) is 4.79 Å². The van der Waals surface area contributed by atoms with Crippen molar-refractivity contribution in [2.45, 2.75) is 0 Å². The van der Waals surface area contributed by atoms with Gasteiger partial charge in [-0.1, -0.05) is 48.5 Å². The summed E-state index contributed by atoms with van der Waals surface area (Å²) in [6, 6.07) is 21.2. The molecule has 0 fully saturated rings. The van der Waals surface area contributed by atoms with Crippen LogP contribution in [-0.2, 0) is 4.79 Å². The van der Waals surface area contributed by atoms with Gasteiger partial charge in [0.25, 0.3) is 5.91 Å². The van der Waals surface area contributed by atoms with E-state index in [1.54, 1.807) is 6.20 Å². The molecule has 2 aromatic carbocycles. The highest BCUT2D eigenvalue weighted by atomic mass is 16.5. The average Bonchev–Trinajstić information content (AvgIpc) is 3.14. The van der Waals surface area contributed by atoms with Gasteiger partial charge in [-0.25, -0.2) is 5.43 Å². The van der Waals surface area contributed by atoms with Crippen LogP contribution in [0.15, 0.2) is 78.0 Å². The molecule has 5 nitrogen and oxygen atoms in total. The topological polar surface area (TPSA) is 66.5 Å². The summed E-state index contributed by atoms with van der Waals surface area (Å²) in [6.45, 7) is -0.105. The Bertz CT molecular complexity index is 812. The van der Waals surface area contributed by atoms with Gasteiger partial charge in [0.1, 0.15) is 5.75 Å². The van der Waals surface area contributed by atoms with Crippen LogP contribution in [0.3, 0.4) is 0 Å². The van der Waals surface area contributed by atoms with Crippen LogP contribution in [0.25, 0.3) is 11.1 Å². The Kier molecular flexibility index (Phi) is 5.04. The zero-order valence-corrected chi connectivity index (χ0v) is 13.0. The van der Waals surface area contributed by atoms with E-state index < -0.39 is 0 Å². The smallest absolute Gasteiger partial charge is 0.277 e. The fraction of sp³-hybridized carbons (Fsp3) is 0.0526. The predicted molar refractivity (Wildman–Crippen MR) is 93.9 cm³/mol. The number of amides is 1. The standard InChI is InChI=1S/C19H17N3O2/c23-19(22-21-13-16-9-6-12-20-16)14-24-18-11-5-4-10-17(18)15-7-2-1-3-8-15/h1-13,20H,14H2,(H,22,23)/b21-13+. The minimum atomic E-state index is -0.319. The lowest BCUT2D eigenvalue weighted by Gasteiger charge is -2.10. The fourth-order valence-electron chi connectivity index (χ4n) is 2.22. The summed E-state index contributed by atoms with van der Waals surface area (Å²) in [6.07, 6.45) is 3.32. The molecule has 0 radical (unpaired) electrons. The molecule has 1 amide bonds. The zero-order valence-electron chi connectivity index (χ0n) is 13.0. The number of benzene rings is 2. The number of H-pyrrole nitrogens is 1. The van der Waals surface area contributed by atoms with Crippen molar-refractivity contribution in [3.05, 3.63) is 78.6 Å². The summed E-state index contributed by atoms with van der Waals surface area (Å²) >= 11 is 0. The summed E-state index contributed by atoms with van der Waals surface area (Å²) < 4.78 is 5.65. The SMILES string of the molecule is O=C(COc1ccccc1-c1ccccc1)N/N=C/c1ccc[nH]1. The predicted octanol–water partition coefficient (Wildman–Crippen LogP) is 3.21. The second kappa shape index (κ2) is 7.78. The van der Waals surface area contributed by atoms with Gasteiger partial charge in [-0.15, -0.1) is 0 Å². The maximum atomic E-state index is 11.8. The highest BCUT2D eigenvalue weighted by Gasteiger charge is 2.07. The third-order valence-electron chi connectivity index (χ3n) is 3.35. The second-order valence-corrected chi connectivity index (χ2v) is 5.07. The number of aromatic amines is 1. The molecule has 0 aliphatic rings. The van der Waals surface area contributed by atoms with Crippen molar-refractivity contribution in [1.82, 2.24) is 10.4 Å². The van der Waals surface area contributed by atoms with E-state index in [4.69, 9.17) is 4.74 Å². The van der Waals surface area contributed by atoms with E-state index in [0.29, 0.717) is 5.75 Å². The van der Waals surface area contributed by atoms with E-state index in [-0.39, 0.29) is 12.5 Å². The number of hydrogen-bond acceptors (Lipinski definition) is 3. The van der Waals surface area contributed by atoms with Crippen LogP contribution < -0.4 is 10.2 Å². The first kappa shape index (κ1) is 15.6. The molecule has 24 heavy (non-hydrogen) atoms. The Labute approximate surface area is 140 Å². The van der Waals surface area contributed by atoms with Crippen LogP contribution in [0.4, 0.5) is 0 Å². The molecule has 0 aliphatic carbocycles. The van der Waals surface area contributed by atoms with E-state index in [0.717, 1.165) is 16.8 Å². The molecule has 0 atom stereocenters. The molecular weight excluding hydrogens is 302 g/mol. The van der Waals surface area contributed by atoms with Crippen LogP contribution in [0.5, 0.6) is 5.75 Å². The first-order chi connectivity index (χ1) is 11.8. The number of hydrogen-bond donors (Lipinski definition) is 2. The van der Waals surface area contributed by atoms with Crippen LogP contribution >= 0.6 is 0 Å². The normalized spacial score (nSPS) is 10.7. The Morgan fingerprint density at radius 3 is 2.62 bits per heavy atom. The minimum absolute atomic E-state index is 0.105. The first-order valence-corrected chi connectivity index (χ1v) is 7.55. The number of hydrazone groups is 1. The highest BCUT2D eigenvalue weighted by Crippen LogP contribution is 2.29. The summed E-state index contributed by atoms with van der Waals surface area (Å²) in [5.41, 5.74) is 5.23. The number of carbonyl (C=O) groups excluding carboxylic acids is 1. The lowest BCUT2D eigenvalue weighted by atomic mass is 10.1. The molecule has 5 heteroatoms. The van der Waals surface area contributed by atoms with Crippen molar-refractivity contribution < 1.29 is 9.53 Å². The summed E-state index contributed by atoms with van der Waals surface area (Å²) in [7, 11) is 0. The van der Waals surface area contributed by atoms with Gasteiger partial charge in [0.2, 0.25) is 0 Å². The van der Waals surface area contributed by atoms with Gasteiger partial charge in [-0.2, -0.15) is 5.10 Å². The van der Waals surface area contributed by atoms with Gasteiger partial charge in [-0.05, 0) is 23.8 Å². The molecule has 120 valence electrons. The Morgan fingerprint density at radius 2 is 1.83 bits per heavy atom. The molecule has 0 spiro atoms. The monoisotopic (exact) mass is 319 g/mol. The van der Waals surface area contributed by atoms with Gasteiger partial charge < -0.3 is 9.72 Å². The molecule has 0 aliphatic heterocycles. The molecule has 0 saturated heterocycles. The molecular formula is C19H17N3O2. The van der Waals surface area contributed by atoms with Gasteiger partial charge in [0.15, 0.2) is 6.61 Å². The maximum Gasteiger partial charge on any atom is 0.277 e. The molecule has 0 bridgehead atoms. The van der Waals surface area contributed by atoms with Crippen molar-refractivity contribution in [2.24, 2.45) is 5.10 Å². The number of nitrogens with one attached hydrogen (secondary N) is 2. The lowest BCUT2D eigenvalue weighted by molar-refractivity contribution is -0.123. The highest BCUT2D eigenvalue weighted by molar-refractivity contribution is 5.82. The van der Waals surface area contributed by atoms with Gasteiger partial charge in [-0.3, -0.25) is 4.79 Å². The summed E-state index contributed by atoms with van der Waals surface area (Å²) in [5, 5.41) is 3.87. The molecule has 0 saturated carbocycles. The van der Waals surface area contributed by atoms with Crippen LogP contribution in [0.2, 0.25) is 0 Å². The lowest BCUT2D eigenvalue weighted by Crippen LogP contribution is -2.24. The zero-order chi connectivity index (χ0) is 16.6. The maximum absolute atomic E-state index is 11.8. The Balaban J connectivity index is 1.60. The van der Waals surface area contributed by atoms with E-state index in [2.05, 4.69) is 15.5 Å².